The van der Waals surface area contributed by atoms with Gasteiger partial charge in [0.2, 0.25) is 0 Å². The zero-order valence-corrected chi connectivity index (χ0v) is 19.6. The number of hydrogen-bond acceptors (Lipinski definition) is 4. The lowest BCUT2D eigenvalue weighted by Crippen LogP contribution is -2.28. The minimum Gasteiger partial charge on any atom is -0.481 e. The fourth-order valence-corrected chi connectivity index (χ4v) is 4.87. The van der Waals surface area contributed by atoms with E-state index in [9.17, 15) is 13.8 Å². The Balaban J connectivity index is 1.73. The summed E-state index contributed by atoms with van der Waals surface area (Å²) in [6.45, 7) is 5.69. The van der Waals surface area contributed by atoms with Crippen LogP contribution in [-0.2, 0) is 35.2 Å². The van der Waals surface area contributed by atoms with Crippen LogP contribution in [0.2, 0.25) is 0 Å². The Hall–Kier alpha value is -3.20. The van der Waals surface area contributed by atoms with Crippen molar-refractivity contribution in [2.75, 3.05) is 11.5 Å². The predicted octanol–water partition coefficient (Wildman–Crippen LogP) is 3.08. The maximum atomic E-state index is 13.4. The molecular formula is C24H28N4O4S. The van der Waals surface area contributed by atoms with Gasteiger partial charge in [-0.2, -0.15) is 0 Å². The van der Waals surface area contributed by atoms with Crippen LogP contribution in [0.25, 0.3) is 22.1 Å². The van der Waals surface area contributed by atoms with Crippen molar-refractivity contribution in [3.05, 3.63) is 64.8 Å². The molecule has 2 aromatic heterocycles. The first-order valence-electron chi connectivity index (χ1n) is 11.0. The zero-order valence-electron chi connectivity index (χ0n) is 18.8. The molecule has 0 aliphatic heterocycles. The van der Waals surface area contributed by atoms with Gasteiger partial charge in [-0.05, 0) is 36.6 Å². The molecule has 0 saturated heterocycles. The number of nitrogens with zero attached hydrogens (tertiary/aromatic N) is 4. The largest absolute Gasteiger partial charge is 0.481 e. The fourth-order valence-electron chi connectivity index (χ4n) is 4.07. The topological polar surface area (TPSA) is 99.1 Å². The van der Waals surface area contributed by atoms with E-state index >= 15 is 0 Å². The highest BCUT2D eigenvalue weighted by Crippen LogP contribution is 2.20. The Bertz CT molecular complexity index is 1380. The summed E-state index contributed by atoms with van der Waals surface area (Å²) in [5.41, 5.74) is 3.24. The minimum atomic E-state index is -1.54. The molecule has 0 radical (unpaired) electrons. The van der Waals surface area contributed by atoms with Gasteiger partial charge < -0.3 is 9.67 Å². The van der Waals surface area contributed by atoms with E-state index in [1.807, 2.05) is 42.5 Å². The van der Waals surface area contributed by atoms with Crippen LogP contribution in [-0.4, -0.2) is 45.5 Å². The predicted molar refractivity (Wildman–Crippen MR) is 130 cm³/mol. The van der Waals surface area contributed by atoms with Gasteiger partial charge >= 0.3 is 11.7 Å². The first kappa shape index (κ1) is 23.0. The van der Waals surface area contributed by atoms with Crippen LogP contribution >= 0.6 is 0 Å². The summed E-state index contributed by atoms with van der Waals surface area (Å²) in [5.74, 6) is -0.0737. The number of hydrogen-bond donors (Lipinski definition) is 1. The zero-order chi connectivity index (χ0) is 23.5. The molecule has 33 heavy (non-hydrogen) atoms. The Morgan fingerprint density at radius 2 is 1.61 bits per heavy atom. The molecule has 0 saturated carbocycles. The molecule has 0 aliphatic rings. The first-order valence-corrected chi connectivity index (χ1v) is 12.5. The maximum absolute atomic E-state index is 13.4. The SMILES string of the molecule is CC(C)CCn1c(Cn2c(=O)n(CCS(=O)CC(=O)O)c3ccccc32)nc2ccccc21. The molecule has 8 nitrogen and oxygen atoms in total. The molecule has 1 N–H and O–H groups in total. The van der Waals surface area contributed by atoms with Crippen LogP contribution in [0.1, 0.15) is 26.1 Å². The Morgan fingerprint density at radius 1 is 0.970 bits per heavy atom. The van der Waals surface area contributed by atoms with E-state index in [2.05, 4.69) is 24.5 Å². The van der Waals surface area contributed by atoms with Gasteiger partial charge in [0.1, 0.15) is 11.6 Å². The van der Waals surface area contributed by atoms with Gasteiger partial charge in [0, 0.05) is 29.6 Å². The average Bonchev–Trinajstić information content (AvgIpc) is 3.25. The van der Waals surface area contributed by atoms with Gasteiger partial charge in [-0.15, -0.1) is 0 Å². The quantitative estimate of drug-likeness (QED) is 0.386. The molecule has 4 aromatic rings. The number of imidazole rings is 2. The molecule has 0 aliphatic carbocycles. The van der Waals surface area contributed by atoms with Gasteiger partial charge in [-0.1, -0.05) is 38.1 Å². The van der Waals surface area contributed by atoms with Crippen LogP contribution in [0.15, 0.2) is 53.3 Å². The highest BCUT2D eigenvalue weighted by Gasteiger charge is 2.18. The second kappa shape index (κ2) is 9.74. The second-order valence-corrected chi connectivity index (χ2v) is 10.1. The van der Waals surface area contributed by atoms with E-state index in [1.165, 1.54) is 0 Å². The molecule has 0 bridgehead atoms. The van der Waals surface area contributed by atoms with Crippen LogP contribution < -0.4 is 5.69 Å². The molecule has 174 valence electrons. The number of aliphatic carboxylic acids is 1. The van der Waals surface area contributed by atoms with Crippen LogP contribution in [0.3, 0.4) is 0 Å². The monoisotopic (exact) mass is 468 g/mol. The molecule has 0 amide bonds. The number of aromatic nitrogens is 4. The number of rotatable bonds is 10. The molecular weight excluding hydrogens is 440 g/mol. The third-order valence-electron chi connectivity index (χ3n) is 5.72. The summed E-state index contributed by atoms with van der Waals surface area (Å²) in [4.78, 5) is 29.1. The Morgan fingerprint density at radius 3 is 2.27 bits per heavy atom. The van der Waals surface area contributed by atoms with E-state index in [0.29, 0.717) is 12.5 Å². The highest BCUT2D eigenvalue weighted by molar-refractivity contribution is 7.85. The van der Waals surface area contributed by atoms with Crippen molar-refractivity contribution in [2.45, 2.75) is 39.9 Å². The van der Waals surface area contributed by atoms with Gasteiger partial charge in [0.05, 0.1) is 28.6 Å². The van der Waals surface area contributed by atoms with Gasteiger partial charge in [0.25, 0.3) is 0 Å². The number of carbonyl (C=O) groups is 1. The number of fused-ring (bicyclic) bond motifs is 2. The molecule has 0 spiro atoms. The van der Waals surface area contributed by atoms with E-state index in [4.69, 9.17) is 10.1 Å². The van der Waals surface area contributed by atoms with Crippen molar-refractivity contribution in [3.8, 4) is 0 Å². The molecule has 2 aromatic carbocycles. The Labute approximate surface area is 193 Å². The van der Waals surface area contributed by atoms with Crippen LogP contribution in [0, 0.1) is 5.92 Å². The van der Waals surface area contributed by atoms with E-state index < -0.39 is 22.5 Å². The van der Waals surface area contributed by atoms with Gasteiger partial charge in [-0.3, -0.25) is 18.1 Å². The van der Waals surface area contributed by atoms with Crippen molar-refractivity contribution in [1.82, 2.24) is 18.7 Å². The van der Waals surface area contributed by atoms with Crippen molar-refractivity contribution < 1.29 is 14.1 Å². The lowest BCUT2D eigenvalue weighted by molar-refractivity contribution is -0.133. The number of aryl methyl sites for hydroxylation is 2. The minimum absolute atomic E-state index is 0.104. The molecule has 4 rings (SSSR count). The van der Waals surface area contributed by atoms with Gasteiger partial charge in [-0.25, -0.2) is 9.78 Å². The first-order chi connectivity index (χ1) is 15.8. The summed E-state index contributed by atoms with van der Waals surface area (Å²) >= 11 is 0. The second-order valence-electron chi connectivity index (χ2n) is 8.54. The number of benzene rings is 2. The van der Waals surface area contributed by atoms with E-state index in [0.717, 1.165) is 40.9 Å². The third kappa shape index (κ3) is 4.93. The molecule has 2 heterocycles. The van der Waals surface area contributed by atoms with Crippen molar-refractivity contribution >= 4 is 38.8 Å². The van der Waals surface area contributed by atoms with E-state index in [-0.39, 0.29) is 18.0 Å². The molecule has 1 atom stereocenters. The Kier molecular flexibility index (Phi) is 6.78. The maximum Gasteiger partial charge on any atom is 0.329 e. The van der Waals surface area contributed by atoms with Gasteiger partial charge in [0.15, 0.2) is 0 Å². The summed E-state index contributed by atoms with van der Waals surface area (Å²) in [5, 5.41) is 8.86. The summed E-state index contributed by atoms with van der Waals surface area (Å²) in [6, 6.07) is 15.5. The third-order valence-corrected chi connectivity index (χ3v) is 6.92. The van der Waals surface area contributed by atoms with Crippen LogP contribution in [0.4, 0.5) is 0 Å². The molecule has 9 heteroatoms. The normalized spacial score (nSPS) is 12.7. The fraction of sp³-hybridized carbons (Fsp3) is 0.375. The summed E-state index contributed by atoms with van der Waals surface area (Å²) in [7, 11) is -1.54. The van der Waals surface area contributed by atoms with Crippen molar-refractivity contribution in [1.29, 1.82) is 0 Å². The standard InChI is InChI=1S/C24H28N4O4S/c1-17(2)11-12-26-19-8-4-3-7-18(19)25-22(26)15-28-21-10-6-5-9-20(21)27(24(28)31)13-14-33(32)16-23(29)30/h3-10,17H,11-16H2,1-2H3,(H,29,30). The smallest absolute Gasteiger partial charge is 0.329 e. The summed E-state index contributed by atoms with van der Waals surface area (Å²) < 4.78 is 17.5. The van der Waals surface area contributed by atoms with E-state index in [1.54, 1.807) is 9.13 Å². The number of carboxylic acid groups (broad SMARTS) is 1. The lowest BCUT2D eigenvalue weighted by Gasteiger charge is -2.11. The molecule has 0 fully saturated rings. The summed E-state index contributed by atoms with van der Waals surface area (Å²) in [6.07, 6.45) is 0.999. The number of para-hydroxylation sites is 4. The van der Waals surface area contributed by atoms with Crippen molar-refractivity contribution in [2.24, 2.45) is 5.92 Å². The average molecular weight is 469 g/mol. The molecule has 1 unspecified atom stereocenters. The lowest BCUT2D eigenvalue weighted by atomic mass is 10.1. The van der Waals surface area contributed by atoms with Crippen molar-refractivity contribution in [3.63, 3.8) is 0 Å². The highest BCUT2D eigenvalue weighted by atomic mass is 32.2. The number of carboxylic acids is 1. The van der Waals surface area contributed by atoms with Crippen LogP contribution in [0.5, 0.6) is 0 Å².